The van der Waals surface area contributed by atoms with Crippen molar-refractivity contribution in [3.05, 3.63) is 0 Å². The summed E-state index contributed by atoms with van der Waals surface area (Å²) in [5.74, 6) is 0.972. The van der Waals surface area contributed by atoms with E-state index in [1.54, 1.807) is 0 Å². The van der Waals surface area contributed by atoms with Crippen LogP contribution >= 0.6 is 0 Å². The topological polar surface area (TPSA) is 61.4 Å². The molecule has 3 saturated carbocycles. The Hall–Kier alpha value is -1.26. The van der Waals surface area contributed by atoms with Gasteiger partial charge in [-0.15, -0.1) is 0 Å². The van der Waals surface area contributed by atoms with Gasteiger partial charge in [0.25, 0.3) is 0 Å². The minimum Gasteiger partial charge on any atom is -0.353 e. The zero-order valence-electron chi connectivity index (χ0n) is 13.6. The molecular formula is C17H29N3O2. The molecule has 0 bridgehead atoms. The normalized spacial score (nSPS) is 28.6. The average Bonchev–Trinajstić information content (AvgIpc) is 3.26. The third kappa shape index (κ3) is 4.14. The lowest BCUT2D eigenvalue weighted by Crippen LogP contribution is -2.48. The number of hydrogen-bond acceptors (Lipinski definition) is 2. The highest BCUT2D eigenvalue weighted by molar-refractivity contribution is 5.79. The molecule has 3 rings (SSSR count). The second kappa shape index (κ2) is 6.88. The van der Waals surface area contributed by atoms with Crippen LogP contribution in [0.25, 0.3) is 0 Å². The van der Waals surface area contributed by atoms with Crippen molar-refractivity contribution in [1.29, 1.82) is 0 Å². The largest absolute Gasteiger partial charge is 0.353 e. The van der Waals surface area contributed by atoms with Crippen LogP contribution in [0.3, 0.4) is 0 Å². The fourth-order valence-corrected chi connectivity index (χ4v) is 3.54. The number of nitrogens with one attached hydrogen (secondary N) is 2. The summed E-state index contributed by atoms with van der Waals surface area (Å²) in [6.07, 6.45) is 9.85. The van der Waals surface area contributed by atoms with Gasteiger partial charge in [0.05, 0.1) is 0 Å². The number of rotatable bonds is 5. The average molecular weight is 307 g/mol. The van der Waals surface area contributed by atoms with E-state index in [1.807, 2.05) is 11.9 Å². The molecule has 5 heteroatoms. The van der Waals surface area contributed by atoms with Crippen molar-refractivity contribution in [3.63, 3.8) is 0 Å². The van der Waals surface area contributed by atoms with E-state index in [0.717, 1.165) is 45.1 Å². The summed E-state index contributed by atoms with van der Waals surface area (Å²) in [4.78, 5) is 26.3. The first-order valence-corrected chi connectivity index (χ1v) is 8.94. The van der Waals surface area contributed by atoms with Crippen LogP contribution < -0.4 is 10.6 Å². The zero-order valence-corrected chi connectivity index (χ0v) is 13.6. The summed E-state index contributed by atoms with van der Waals surface area (Å²) < 4.78 is 0. The molecule has 3 aliphatic carbocycles. The van der Waals surface area contributed by atoms with Crippen molar-refractivity contribution in [2.45, 2.75) is 69.9 Å². The summed E-state index contributed by atoms with van der Waals surface area (Å²) in [5, 5.41) is 6.23. The minimum absolute atomic E-state index is 0.0279. The fraction of sp³-hybridized carbons (Fsp3) is 0.882. The van der Waals surface area contributed by atoms with Crippen LogP contribution in [0.4, 0.5) is 4.79 Å². The molecule has 0 aromatic rings. The van der Waals surface area contributed by atoms with E-state index in [-0.39, 0.29) is 23.9 Å². The quantitative estimate of drug-likeness (QED) is 0.818. The summed E-state index contributed by atoms with van der Waals surface area (Å²) in [6, 6.07) is 0.608. The van der Waals surface area contributed by atoms with E-state index >= 15 is 0 Å². The summed E-state index contributed by atoms with van der Waals surface area (Å²) in [5.41, 5.74) is 0. The lowest BCUT2D eigenvalue weighted by Gasteiger charge is -2.33. The predicted octanol–water partition coefficient (Wildman–Crippen LogP) is 2.27. The molecular weight excluding hydrogens is 278 g/mol. The van der Waals surface area contributed by atoms with Gasteiger partial charge in [0.15, 0.2) is 0 Å². The molecule has 0 aromatic heterocycles. The highest BCUT2D eigenvalue weighted by Gasteiger charge is 2.32. The molecule has 124 valence electrons. The molecule has 0 radical (unpaired) electrons. The van der Waals surface area contributed by atoms with Crippen molar-refractivity contribution in [3.8, 4) is 0 Å². The third-order valence-corrected chi connectivity index (χ3v) is 5.40. The Morgan fingerprint density at radius 2 is 1.68 bits per heavy atom. The first kappa shape index (κ1) is 15.6. The number of carbonyl (C=O) groups is 2. The second-order valence-corrected chi connectivity index (χ2v) is 7.47. The first-order valence-electron chi connectivity index (χ1n) is 8.94. The van der Waals surface area contributed by atoms with Crippen molar-refractivity contribution in [1.82, 2.24) is 15.5 Å². The molecule has 5 nitrogen and oxygen atoms in total. The van der Waals surface area contributed by atoms with Gasteiger partial charge in [0, 0.05) is 31.6 Å². The van der Waals surface area contributed by atoms with Crippen LogP contribution in [0.1, 0.15) is 57.8 Å². The maximum Gasteiger partial charge on any atom is 0.317 e. The lowest BCUT2D eigenvalue weighted by molar-refractivity contribution is -0.126. The van der Waals surface area contributed by atoms with Gasteiger partial charge in [-0.1, -0.05) is 12.8 Å². The number of amides is 3. The molecule has 0 aliphatic heterocycles. The maximum atomic E-state index is 12.3. The smallest absolute Gasteiger partial charge is 0.317 e. The number of hydrogen-bond donors (Lipinski definition) is 2. The molecule has 2 N–H and O–H groups in total. The summed E-state index contributed by atoms with van der Waals surface area (Å²) >= 11 is 0. The van der Waals surface area contributed by atoms with E-state index in [9.17, 15) is 9.59 Å². The molecule has 0 saturated heterocycles. The van der Waals surface area contributed by atoms with Gasteiger partial charge in [0.1, 0.15) is 0 Å². The monoisotopic (exact) mass is 307 g/mol. The van der Waals surface area contributed by atoms with E-state index < -0.39 is 0 Å². The minimum atomic E-state index is 0.0279. The predicted molar refractivity (Wildman–Crippen MR) is 85.4 cm³/mol. The summed E-state index contributed by atoms with van der Waals surface area (Å²) in [7, 11) is 1.88. The van der Waals surface area contributed by atoms with Gasteiger partial charge in [-0.3, -0.25) is 4.79 Å². The fourth-order valence-electron chi connectivity index (χ4n) is 3.54. The SMILES string of the molecule is CN(CC1CCC1)C(=O)N[C@H]1CCC[C@@H](C(=O)NC2CC2)C1. The Balaban J connectivity index is 1.42. The van der Waals surface area contributed by atoms with Gasteiger partial charge >= 0.3 is 6.03 Å². The molecule has 22 heavy (non-hydrogen) atoms. The van der Waals surface area contributed by atoms with Gasteiger partial charge < -0.3 is 15.5 Å². The van der Waals surface area contributed by atoms with Gasteiger partial charge in [-0.05, 0) is 50.9 Å². The highest BCUT2D eigenvalue weighted by Crippen LogP contribution is 2.28. The Kier molecular flexibility index (Phi) is 4.89. The number of nitrogens with zero attached hydrogens (tertiary/aromatic N) is 1. The zero-order chi connectivity index (χ0) is 15.5. The van der Waals surface area contributed by atoms with Crippen molar-refractivity contribution in [2.24, 2.45) is 11.8 Å². The van der Waals surface area contributed by atoms with Crippen LogP contribution in [-0.4, -0.2) is 42.5 Å². The maximum absolute atomic E-state index is 12.3. The Bertz CT molecular complexity index is 418. The van der Waals surface area contributed by atoms with Crippen molar-refractivity contribution in [2.75, 3.05) is 13.6 Å². The van der Waals surface area contributed by atoms with Crippen LogP contribution in [0.2, 0.25) is 0 Å². The Morgan fingerprint density at radius 3 is 2.32 bits per heavy atom. The Morgan fingerprint density at radius 1 is 0.955 bits per heavy atom. The van der Waals surface area contributed by atoms with E-state index in [1.165, 1.54) is 19.3 Å². The molecule has 3 amide bonds. The van der Waals surface area contributed by atoms with E-state index in [2.05, 4.69) is 10.6 Å². The molecule has 2 atom stereocenters. The lowest BCUT2D eigenvalue weighted by atomic mass is 9.84. The van der Waals surface area contributed by atoms with Crippen LogP contribution in [0.15, 0.2) is 0 Å². The van der Waals surface area contributed by atoms with Crippen molar-refractivity contribution >= 4 is 11.9 Å². The van der Waals surface area contributed by atoms with Gasteiger partial charge in [-0.25, -0.2) is 4.79 Å². The molecule has 0 aromatic carbocycles. The molecule has 3 aliphatic rings. The number of carbonyl (C=O) groups excluding carboxylic acids is 2. The first-order chi connectivity index (χ1) is 10.6. The van der Waals surface area contributed by atoms with Crippen LogP contribution in [-0.2, 0) is 4.79 Å². The van der Waals surface area contributed by atoms with Crippen LogP contribution in [0, 0.1) is 11.8 Å². The van der Waals surface area contributed by atoms with Gasteiger partial charge in [-0.2, -0.15) is 0 Å². The van der Waals surface area contributed by atoms with Crippen LogP contribution in [0.5, 0.6) is 0 Å². The molecule has 3 fully saturated rings. The van der Waals surface area contributed by atoms with E-state index in [4.69, 9.17) is 0 Å². The third-order valence-electron chi connectivity index (χ3n) is 5.40. The molecule has 0 heterocycles. The second-order valence-electron chi connectivity index (χ2n) is 7.47. The highest BCUT2D eigenvalue weighted by atomic mass is 16.2. The van der Waals surface area contributed by atoms with Crippen molar-refractivity contribution < 1.29 is 9.59 Å². The number of urea groups is 1. The summed E-state index contributed by atoms with van der Waals surface area (Å²) in [6.45, 7) is 0.865. The van der Waals surface area contributed by atoms with E-state index in [0.29, 0.717) is 12.0 Å². The molecule has 0 spiro atoms. The molecule has 0 unspecified atom stereocenters. The van der Waals surface area contributed by atoms with Gasteiger partial charge in [0.2, 0.25) is 5.91 Å². The Labute approximate surface area is 133 Å². The standard InChI is InChI=1S/C17H29N3O2/c1-20(11-12-4-2-5-12)17(22)19-15-7-3-6-13(10-15)16(21)18-14-8-9-14/h12-15H,2-11H2,1H3,(H,18,21)(H,19,22)/t13-,15+/m1/s1.